The van der Waals surface area contributed by atoms with Crippen molar-refractivity contribution in [2.45, 2.75) is 19.9 Å². The van der Waals surface area contributed by atoms with Crippen LogP contribution in [0, 0.1) is 12.8 Å². The fraction of sp³-hybridized carbons (Fsp3) is 0.227. The van der Waals surface area contributed by atoms with Gasteiger partial charge in [0.25, 0.3) is 0 Å². The van der Waals surface area contributed by atoms with Crippen molar-refractivity contribution in [2.24, 2.45) is 5.92 Å². The minimum atomic E-state index is -0.401. The molecule has 1 saturated heterocycles. The Hall–Kier alpha value is -2.93. The highest BCUT2D eigenvalue weighted by molar-refractivity contribution is 9.10. The molecule has 1 atom stereocenters. The van der Waals surface area contributed by atoms with Gasteiger partial charge in [-0.05, 0) is 30.7 Å². The molecule has 1 fully saturated rings. The Morgan fingerprint density at radius 1 is 1.17 bits per heavy atom. The zero-order valence-electron chi connectivity index (χ0n) is 16.0. The summed E-state index contributed by atoms with van der Waals surface area (Å²) in [6.07, 6.45) is 0.199. The first kappa shape index (κ1) is 19.4. The van der Waals surface area contributed by atoms with E-state index in [0.717, 1.165) is 21.4 Å². The van der Waals surface area contributed by atoms with Gasteiger partial charge in [-0.25, -0.2) is 4.68 Å². The second-order valence-electron chi connectivity index (χ2n) is 7.19. The fourth-order valence-electron chi connectivity index (χ4n) is 3.53. The average molecular weight is 453 g/mol. The van der Waals surface area contributed by atoms with Gasteiger partial charge in [0.2, 0.25) is 11.8 Å². The van der Waals surface area contributed by atoms with Crippen molar-refractivity contribution in [1.29, 1.82) is 0 Å². The molecule has 1 N–H and O–H groups in total. The molecule has 6 nitrogen and oxygen atoms in total. The SMILES string of the molecule is Cc1cc(NC(=O)C2CC(=O)N(c3cccc(Br)c3)C2)n(Cc2ccccc2)n1. The Labute approximate surface area is 177 Å². The monoisotopic (exact) mass is 452 g/mol. The van der Waals surface area contributed by atoms with Crippen LogP contribution in [0.4, 0.5) is 11.5 Å². The summed E-state index contributed by atoms with van der Waals surface area (Å²) >= 11 is 3.43. The quantitative estimate of drug-likeness (QED) is 0.635. The molecule has 0 bridgehead atoms. The van der Waals surface area contributed by atoms with Crippen molar-refractivity contribution in [3.63, 3.8) is 0 Å². The lowest BCUT2D eigenvalue weighted by Gasteiger charge is -2.17. The van der Waals surface area contributed by atoms with Crippen LogP contribution in [-0.4, -0.2) is 28.1 Å². The van der Waals surface area contributed by atoms with Gasteiger partial charge in [0, 0.05) is 29.2 Å². The van der Waals surface area contributed by atoms with E-state index in [0.29, 0.717) is 18.9 Å². The molecule has 1 aromatic heterocycles. The van der Waals surface area contributed by atoms with E-state index in [4.69, 9.17) is 0 Å². The minimum absolute atomic E-state index is 0.0442. The molecule has 2 amide bonds. The van der Waals surface area contributed by atoms with Gasteiger partial charge in [0.05, 0.1) is 18.2 Å². The number of aromatic nitrogens is 2. The Bertz CT molecular complexity index is 1050. The van der Waals surface area contributed by atoms with Crippen LogP contribution in [0.25, 0.3) is 0 Å². The van der Waals surface area contributed by atoms with Crippen LogP contribution in [0.15, 0.2) is 65.1 Å². The van der Waals surface area contributed by atoms with Gasteiger partial charge in [0.1, 0.15) is 5.82 Å². The van der Waals surface area contributed by atoms with Gasteiger partial charge < -0.3 is 10.2 Å². The number of aryl methyl sites for hydroxylation is 1. The zero-order valence-corrected chi connectivity index (χ0v) is 17.6. The van der Waals surface area contributed by atoms with Gasteiger partial charge in [0.15, 0.2) is 0 Å². The highest BCUT2D eigenvalue weighted by Crippen LogP contribution is 2.28. The first-order chi connectivity index (χ1) is 14.0. The number of halogens is 1. The number of hydrogen-bond acceptors (Lipinski definition) is 3. The second kappa shape index (κ2) is 8.21. The summed E-state index contributed by atoms with van der Waals surface area (Å²) in [5.41, 5.74) is 2.72. The maximum absolute atomic E-state index is 12.9. The van der Waals surface area contributed by atoms with Gasteiger partial charge in [-0.3, -0.25) is 9.59 Å². The van der Waals surface area contributed by atoms with Crippen LogP contribution in [0.3, 0.4) is 0 Å². The second-order valence-corrected chi connectivity index (χ2v) is 8.10. The third kappa shape index (κ3) is 4.40. The van der Waals surface area contributed by atoms with Crippen molar-refractivity contribution in [3.8, 4) is 0 Å². The summed E-state index contributed by atoms with van der Waals surface area (Å²) in [7, 11) is 0. The molecule has 0 spiro atoms. The van der Waals surface area contributed by atoms with Crippen LogP contribution >= 0.6 is 15.9 Å². The van der Waals surface area contributed by atoms with Crippen molar-refractivity contribution in [3.05, 3.63) is 76.4 Å². The number of rotatable bonds is 5. The first-order valence-corrected chi connectivity index (χ1v) is 10.2. The average Bonchev–Trinajstić information content (AvgIpc) is 3.25. The molecule has 0 saturated carbocycles. The summed E-state index contributed by atoms with van der Waals surface area (Å²) in [5.74, 6) is 0.0360. The van der Waals surface area contributed by atoms with E-state index < -0.39 is 5.92 Å². The van der Waals surface area contributed by atoms with E-state index in [1.54, 1.807) is 9.58 Å². The van der Waals surface area contributed by atoms with Crippen LogP contribution in [-0.2, 0) is 16.1 Å². The third-order valence-corrected chi connectivity index (χ3v) is 5.44. The maximum atomic E-state index is 12.9. The molecule has 1 unspecified atom stereocenters. The van der Waals surface area contributed by atoms with Crippen LogP contribution < -0.4 is 10.2 Å². The number of hydrogen-bond donors (Lipinski definition) is 1. The normalized spacial score (nSPS) is 16.3. The highest BCUT2D eigenvalue weighted by atomic mass is 79.9. The van der Waals surface area contributed by atoms with E-state index in [-0.39, 0.29) is 18.2 Å². The Kier molecular flexibility index (Phi) is 5.49. The lowest BCUT2D eigenvalue weighted by molar-refractivity contribution is -0.122. The molecule has 7 heteroatoms. The third-order valence-electron chi connectivity index (χ3n) is 4.94. The largest absolute Gasteiger partial charge is 0.312 e. The standard InChI is InChI=1S/C22H21BrN4O2/c1-15-10-20(27(25-15)13-16-6-3-2-4-7-16)24-22(29)17-11-21(28)26(14-17)19-9-5-8-18(23)12-19/h2-10,12,17H,11,13-14H2,1H3,(H,24,29). The first-order valence-electron chi connectivity index (χ1n) is 9.45. The van der Waals surface area contributed by atoms with Crippen molar-refractivity contribution >= 4 is 39.2 Å². The van der Waals surface area contributed by atoms with E-state index in [9.17, 15) is 9.59 Å². The van der Waals surface area contributed by atoms with E-state index in [1.165, 1.54) is 0 Å². The lowest BCUT2D eigenvalue weighted by atomic mass is 10.1. The number of carbonyl (C=O) groups is 2. The summed E-state index contributed by atoms with van der Waals surface area (Å²) in [6, 6.07) is 19.4. The van der Waals surface area contributed by atoms with Crippen LogP contribution in [0.1, 0.15) is 17.7 Å². The summed E-state index contributed by atoms with van der Waals surface area (Å²) in [4.78, 5) is 27.0. The number of nitrogens with zero attached hydrogens (tertiary/aromatic N) is 3. The molecule has 148 valence electrons. The minimum Gasteiger partial charge on any atom is -0.312 e. The number of benzene rings is 2. The summed E-state index contributed by atoms with van der Waals surface area (Å²) in [5, 5.41) is 7.46. The van der Waals surface area contributed by atoms with Gasteiger partial charge in [-0.1, -0.05) is 52.3 Å². The van der Waals surface area contributed by atoms with Crippen molar-refractivity contribution in [1.82, 2.24) is 9.78 Å². The smallest absolute Gasteiger partial charge is 0.230 e. The molecular formula is C22H21BrN4O2. The van der Waals surface area contributed by atoms with E-state index in [1.807, 2.05) is 67.6 Å². The van der Waals surface area contributed by atoms with E-state index >= 15 is 0 Å². The molecule has 0 aliphatic carbocycles. The Balaban J connectivity index is 1.47. The van der Waals surface area contributed by atoms with Gasteiger partial charge >= 0.3 is 0 Å². The molecule has 1 aliphatic heterocycles. The molecule has 0 radical (unpaired) electrons. The molecule has 1 aliphatic rings. The van der Waals surface area contributed by atoms with Crippen molar-refractivity contribution in [2.75, 3.05) is 16.8 Å². The number of carbonyl (C=O) groups excluding carboxylic acids is 2. The molecule has 29 heavy (non-hydrogen) atoms. The van der Waals surface area contributed by atoms with E-state index in [2.05, 4.69) is 26.3 Å². The fourth-order valence-corrected chi connectivity index (χ4v) is 3.92. The molecule has 2 aromatic carbocycles. The lowest BCUT2D eigenvalue weighted by Crippen LogP contribution is -2.28. The van der Waals surface area contributed by atoms with Crippen LogP contribution in [0.2, 0.25) is 0 Å². The Morgan fingerprint density at radius 3 is 2.72 bits per heavy atom. The summed E-state index contributed by atoms with van der Waals surface area (Å²) < 4.78 is 2.68. The molecule has 3 aromatic rings. The van der Waals surface area contributed by atoms with Gasteiger partial charge in [-0.2, -0.15) is 5.10 Å². The van der Waals surface area contributed by atoms with Crippen LogP contribution in [0.5, 0.6) is 0 Å². The number of amides is 2. The number of anilines is 2. The topological polar surface area (TPSA) is 67.2 Å². The molecule has 4 rings (SSSR count). The predicted molar refractivity (Wildman–Crippen MR) is 116 cm³/mol. The zero-order chi connectivity index (χ0) is 20.4. The number of nitrogens with one attached hydrogen (secondary N) is 1. The maximum Gasteiger partial charge on any atom is 0.230 e. The molecule has 2 heterocycles. The highest BCUT2D eigenvalue weighted by Gasteiger charge is 2.35. The summed E-state index contributed by atoms with van der Waals surface area (Å²) in [6.45, 7) is 2.83. The van der Waals surface area contributed by atoms with Gasteiger partial charge in [-0.15, -0.1) is 0 Å². The predicted octanol–water partition coefficient (Wildman–Crippen LogP) is 3.99. The molecular weight excluding hydrogens is 432 g/mol. The van der Waals surface area contributed by atoms with Crippen molar-refractivity contribution < 1.29 is 9.59 Å². The Morgan fingerprint density at radius 2 is 1.97 bits per heavy atom.